The molecule has 0 aliphatic rings. The van der Waals surface area contributed by atoms with E-state index in [-0.39, 0.29) is 29.1 Å². The molecule has 0 saturated carbocycles. The first-order chi connectivity index (χ1) is 13.9. The van der Waals surface area contributed by atoms with Crippen LogP contribution in [0.15, 0.2) is 42.7 Å². The highest BCUT2D eigenvalue weighted by Crippen LogP contribution is 2.38. The van der Waals surface area contributed by atoms with E-state index in [4.69, 9.17) is 15.2 Å². The van der Waals surface area contributed by atoms with Crippen LogP contribution >= 0.6 is 22.6 Å². The summed E-state index contributed by atoms with van der Waals surface area (Å²) < 4.78 is 12.4. The SMILES string of the molecule is COc1cc(C(C)C)c(Oc2cnc(N)nc2NC(=O)c2ccccn2)cc1I. The summed E-state index contributed by atoms with van der Waals surface area (Å²) >= 11 is 2.18. The topological polar surface area (TPSA) is 112 Å². The van der Waals surface area contributed by atoms with Crippen molar-refractivity contribution < 1.29 is 14.3 Å². The summed E-state index contributed by atoms with van der Waals surface area (Å²) in [5.41, 5.74) is 6.91. The average Bonchev–Trinajstić information content (AvgIpc) is 2.70. The molecule has 0 unspecified atom stereocenters. The first-order valence-corrected chi connectivity index (χ1v) is 9.87. The van der Waals surface area contributed by atoms with Gasteiger partial charge in [-0.1, -0.05) is 19.9 Å². The highest BCUT2D eigenvalue weighted by molar-refractivity contribution is 14.1. The van der Waals surface area contributed by atoms with Crippen molar-refractivity contribution in [2.45, 2.75) is 19.8 Å². The Hall–Kier alpha value is -2.95. The largest absolute Gasteiger partial charge is 0.496 e. The third-order valence-electron chi connectivity index (χ3n) is 4.03. The summed E-state index contributed by atoms with van der Waals surface area (Å²) in [6.07, 6.45) is 2.96. The third kappa shape index (κ3) is 4.91. The Morgan fingerprint density at radius 3 is 2.62 bits per heavy atom. The number of pyridine rings is 1. The first kappa shape index (κ1) is 20.8. The van der Waals surface area contributed by atoms with Crippen LogP contribution in [-0.4, -0.2) is 28.0 Å². The molecule has 0 saturated heterocycles. The lowest BCUT2D eigenvalue weighted by Crippen LogP contribution is -2.16. The number of hydrogen-bond donors (Lipinski definition) is 2. The first-order valence-electron chi connectivity index (χ1n) is 8.79. The Balaban J connectivity index is 1.96. The molecular formula is C20H20IN5O3. The zero-order chi connectivity index (χ0) is 21.0. The van der Waals surface area contributed by atoms with Crippen molar-refractivity contribution >= 4 is 40.3 Å². The summed E-state index contributed by atoms with van der Waals surface area (Å²) in [5, 5.41) is 2.69. The number of benzene rings is 1. The fourth-order valence-electron chi connectivity index (χ4n) is 2.58. The van der Waals surface area contributed by atoms with E-state index in [1.54, 1.807) is 25.3 Å². The van der Waals surface area contributed by atoms with E-state index in [0.29, 0.717) is 5.75 Å². The molecule has 0 atom stereocenters. The second-order valence-corrected chi connectivity index (χ2v) is 7.55. The molecule has 1 amide bonds. The van der Waals surface area contributed by atoms with Crippen LogP contribution in [0.1, 0.15) is 35.8 Å². The van der Waals surface area contributed by atoms with E-state index < -0.39 is 5.91 Å². The lowest BCUT2D eigenvalue weighted by Gasteiger charge is -2.17. The van der Waals surface area contributed by atoms with Gasteiger partial charge in [0.1, 0.15) is 17.2 Å². The highest BCUT2D eigenvalue weighted by Gasteiger charge is 2.18. The lowest BCUT2D eigenvalue weighted by molar-refractivity contribution is 0.102. The smallest absolute Gasteiger partial charge is 0.275 e. The molecule has 2 heterocycles. The number of carbonyl (C=O) groups is 1. The quantitative estimate of drug-likeness (QED) is 0.482. The van der Waals surface area contributed by atoms with Gasteiger partial charge in [-0.25, -0.2) is 4.98 Å². The van der Waals surface area contributed by atoms with Gasteiger partial charge in [0.2, 0.25) is 5.95 Å². The molecule has 9 heteroatoms. The molecule has 3 rings (SSSR count). The number of nitrogen functional groups attached to an aromatic ring is 1. The predicted octanol–water partition coefficient (Wildman–Crippen LogP) is 4.24. The minimum atomic E-state index is -0.429. The van der Waals surface area contributed by atoms with Crippen LogP contribution in [0.5, 0.6) is 17.2 Å². The summed E-state index contributed by atoms with van der Waals surface area (Å²) in [5.74, 6) is 1.58. The van der Waals surface area contributed by atoms with Crippen molar-refractivity contribution in [1.82, 2.24) is 15.0 Å². The number of nitrogens with two attached hydrogens (primary N) is 1. The molecule has 0 spiro atoms. The molecule has 0 fully saturated rings. The minimum absolute atomic E-state index is 0.0158. The van der Waals surface area contributed by atoms with E-state index in [1.807, 2.05) is 12.1 Å². The number of aromatic nitrogens is 3. The Kier molecular flexibility index (Phi) is 6.47. The van der Waals surface area contributed by atoms with Crippen LogP contribution in [-0.2, 0) is 0 Å². The van der Waals surface area contributed by atoms with Crippen LogP contribution < -0.4 is 20.5 Å². The molecule has 0 radical (unpaired) electrons. The Bertz CT molecular complexity index is 1030. The van der Waals surface area contributed by atoms with Crippen LogP contribution in [0.25, 0.3) is 0 Å². The maximum atomic E-state index is 12.5. The number of rotatable bonds is 6. The number of hydrogen-bond acceptors (Lipinski definition) is 7. The Labute approximate surface area is 182 Å². The zero-order valence-corrected chi connectivity index (χ0v) is 18.3. The van der Waals surface area contributed by atoms with E-state index in [2.05, 4.69) is 56.7 Å². The van der Waals surface area contributed by atoms with Crippen molar-refractivity contribution in [3.63, 3.8) is 0 Å². The van der Waals surface area contributed by atoms with Crippen LogP contribution in [0, 0.1) is 3.57 Å². The number of methoxy groups -OCH3 is 1. The molecule has 3 N–H and O–H groups in total. The zero-order valence-electron chi connectivity index (χ0n) is 16.1. The second-order valence-electron chi connectivity index (χ2n) is 6.39. The van der Waals surface area contributed by atoms with Crippen LogP contribution in [0.4, 0.5) is 11.8 Å². The molecule has 0 aliphatic carbocycles. The van der Waals surface area contributed by atoms with Gasteiger partial charge in [0, 0.05) is 11.8 Å². The molecule has 3 aromatic rings. The number of ether oxygens (including phenoxy) is 2. The Morgan fingerprint density at radius 2 is 1.97 bits per heavy atom. The van der Waals surface area contributed by atoms with Gasteiger partial charge in [0.05, 0.1) is 16.9 Å². The highest BCUT2D eigenvalue weighted by atomic mass is 127. The van der Waals surface area contributed by atoms with Gasteiger partial charge < -0.3 is 20.5 Å². The molecule has 29 heavy (non-hydrogen) atoms. The molecule has 2 aromatic heterocycles. The predicted molar refractivity (Wildman–Crippen MR) is 119 cm³/mol. The van der Waals surface area contributed by atoms with E-state index >= 15 is 0 Å². The standard InChI is InChI=1S/C20H20IN5O3/c1-11(2)12-8-16(28-3)13(21)9-15(12)29-17-10-24-20(22)26-18(17)25-19(27)14-6-4-5-7-23-14/h4-11H,1-3H3,(H3,22,24,25,26,27). The molecular weight excluding hydrogens is 485 g/mol. The van der Waals surface area contributed by atoms with Gasteiger partial charge >= 0.3 is 0 Å². The van der Waals surface area contributed by atoms with Crippen molar-refractivity contribution in [3.05, 3.63) is 57.6 Å². The summed E-state index contributed by atoms with van der Waals surface area (Å²) in [6, 6.07) is 8.86. The number of anilines is 2. The second kappa shape index (κ2) is 9.03. The number of halogens is 1. The number of carbonyl (C=O) groups excluding carboxylic acids is 1. The van der Waals surface area contributed by atoms with Gasteiger partial charge in [-0.15, -0.1) is 0 Å². The van der Waals surface area contributed by atoms with E-state index in [1.165, 1.54) is 12.4 Å². The van der Waals surface area contributed by atoms with Crippen molar-refractivity contribution in [1.29, 1.82) is 0 Å². The van der Waals surface area contributed by atoms with Gasteiger partial charge in [-0.3, -0.25) is 9.78 Å². The summed E-state index contributed by atoms with van der Waals surface area (Å²) in [6.45, 7) is 4.11. The minimum Gasteiger partial charge on any atom is -0.496 e. The van der Waals surface area contributed by atoms with E-state index in [0.717, 1.165) is 14.9 Å². The molecule has 0 aliphatic heterocycles. The monoisotopic (exact) mass is 505 g/mol. The molecule has 150 valence electrons. The van der Waals surface area contributed by atoms with Crippen LogP contribution in [0.3, 0.4) is 0 Å². The van der Waals surface area contributed by atoms with Gasteiger partial charge in [-0.2, -0.15) is 4.98 Å². The molecule has 1 aromatic carbocycles. The van der Waals surface area contributed by atoms with Crippen molar-refractivity contribution in [2.75, 3.05) is 18.2 Å². The maximum absolute atomic E-state index is 12.5. The number of nitrogens with zero attached hydrogens (tertiary/aromatic N) is 3. The Morgan fingerprint density at radius 1 is 1.17 bits per heavy atom. The van der Waals surface area contributed by atoms with Gasteiger partial charge in [-0.05, 0) is 52.8 Å². The maximum Gasteiger partial charge on any atom is 0.275 e. The lowest BCUT2D eigenvalue weighted by atomic mass is 10.0. The van der Waals surface area contributed by atoms with Crippen LogP contribution in [0.2, 0.25) is 0 Å². The van der Waals surface area contributed by atoms with Gasteiger partial charge in [0.25, 0.3) is 5.91 Å². The third-order valence-corrected chi connectivity index (χ3v) is 4.87. The fraction of sp³-hybridized carbons (Fsp3) is 0.200. The molecule has 0 bridgehead atoms. The van der Waals surface area contributed by atoms with Crippen molar-refractivity contribution in [3.8, 4) is 17.2 Å². The van der Waals surface area contributed by atoms with Crippen molar-refractivity contribution in [2.24, 2.45) is 0 Å². The normalized spacial score (nSPS) is 10.7. The van der Waals surface area contributed by atoms with Gasteiger partial charge in [0.15, 0.2) is 11.6 Å². The molecule has 8 nitrogen and oxygen atoms in total. The summed E-state index contributed by atoms with van der Waals surface area (Å²) in [7, 11) is 1.63. The summed E-state index contributed by atoms with van der Waals surface area (Å²) in [4.78, 5) is 24.6. The number of nitrogens with one attached hydrogen (secondary N) is 1. The van der Waals surface area contributed by atoms with E-state index in [9.17, 15) is 4.79 Å². The average molecular weight is 505 g/mol. The fourth-order valence-corrected chi connectivity index (χ4v) is 3.24. The number of amides is 1.